The Labute approximate surface area is 121 Å². The van der Waals surface area contributed by atoms with Crippen LogP contribution in [0.1, 0.15) is 19.8 Å². The maximum atomic E-state index is 12.5. The lowest BCUT2D eigenvalue weighted by molar-refractivity contribution is -0.153. The van der Waals surface area contributed by atoms with Gasteiger partial charge in [-0.2, -0.15) is 0 Å². The number of benzene rings is 1. The molecule has 5 nitrogen and oxygen atoms in total. The summed E-state index contributed by atoms with van der Waals surface area (Å²) in [6.07, 6.45) is 1.94. The minimum absolute atomic E-state index is 0.284. The van der Waals surface area contributed by atoms with E-state index in [-0.39, 0.29) is 5.91 Å². The van der Waals surface area contributed by atoms with Crippen LogP contribution in [0.3, 0.4) is 0 Å². The van der Waals surface area contributed by atoms with E-state index in [9.17, 15) is 9.59 Å². The number of carbonyl (C=O) groups excluding carboxylic acids is 2. The molecule has 20 heavy (non-hydrogen) atoms. The first-order valence-corrected chi connectivity index (χ1v) is 6.98. The Bertz CT molecular complexity index is 584. The van der Waals surface area contributed by atoms with E-state index in [0.717, 1.165) is 12.8 Å². The molecule has 0 saturated carbocycles. The molecule has 0 radical (unpaired) electrons. The van der Waals surface area contributed by atoms with Crippen molar-refractivity contribution in [2.45, 2.75) is 25.4 Å². The van der Waals surface area contributed by atoms with Crippen molar-refractivity contribution in [2.75, 3.05) is 18.4 Å². The number of likely N-dealkylation sites (tertiary alicyclic amines) is 1. The Balaban J connectivity index is 1.92. The lowest BCUT2D eigenvalue weighted by Crippen LogP contribution is -2.59. The number of hydrogen-bond donors (Lipinski definition) is 1. The van der Waals surface area contributed by atoms with E-state index in [1.54, 1.807) is 23.1 Å². The van der Waals surface area contributed by atoms with E-state index in [2.05, 4.69) is 5.32 Å². The average molecular weight is 295 g/mol. The lowest BCUT2D eigenvalue weighted by Gasteiger charge is -2.35. The first kappa shape index (κ1) is 13.2. The molecule has 1 fully saturated rings. The first-order valence-electron chi connectivity index (χ1n) is 6.60. The highest BCUT2D eigenvalue weighted by Gasteiger charge is 2.49. The number of amides is 2. The zero-order valence-electron chi connectivity index (χ0n) is 11.1. The monoisotopic (exact) mass is 294 g/mol. The van der Waals surface area contributed by atoms with E-state index in [0.29, 0.717) is 29.5 Å². The number of nitrogens with one attached hydrogen (secondary N) is 1. The zero-order chi connectivity index (χ0) is 14.3. The molecular weight excluding hydrogens is 280 g/mol. The van der Waals surface area contributed by atoms with Gasteiger partial charge in [0.2, 0.25) is 0 Å². The Morgan fingerprint density at radius 2 is 2.10 bits per heavy atom. The number of fused-ring (bicyclic) bond motifs is 1. The summed E-state index contributed by atoms with van der Waals surface area (Å²) in [6, 6.07) is 4.93. The molecule has 1 aromatic carbocycles. The maximum absolute atomic E-state index is 12.5. The summed E-state index contributed by atoms with van der Waals surface area (Å²) < 4.78 is 5.70. The molecule has 3 rings (SSSR count). The van der Waals surface area contributed by atoms with E-state index < -0.39 is 11.5 Å². The van der Waals surface area contributed by atoms with Crippen molar-refractivity contribution < 1.29 is 14.3 Å². The van der Waals surface area contributed by atoms with Gasteiger partial charge >= 0.3 is 0 Å². The molecule has 0 unspecified atom stereocenters. The van der Waals surface area contributed by atoms with Crippen molar-refractivity contribution >= 4 is 29.1 Å². The van der Waals surface area contributed by atoms with Crippen LogP contribution in [0.15, 0.2) is 18.2 Å². The fourth-order valence-corrected chi connectivity index (χ4v) is 2.73. The largest absolute Gasteiger partial charge is 0.466 e. The molecular formula is C14H15ClN2O3. The fraction of sp³-hybridized carbons (Fsp3) is 0.429. The van der Waals surface area contributed by atoms with Gasteiger partial charge in [0.25, 0.3) is 17.4 Å². The van der Waals surface area contributed by atoms with Gasteiger partial charge in [0.15, 0.2) is 0 Å². The van der Waals surface area contributed by atoms with E-state index in [1.807, 2.05) is 0 Å². The highest BCUT2D eigenvalue weighted by molar-refractivity contribution is 6.31. The topological polar surface area (TPSA) is 58.6 Å². The van der Waals surface area contributed by atoms with Crippen LogP contribution in [0.5, 0.6) is 5.75 Å². The summed E-state index contributed by atoms with van der Waals surface area (Å²) in [7, 11) is 0. The summed E-state index contributed by atoms with van der Waals surface area (Å²) in [5.41, 5.74) is -1.01. The van der Waals surface area contributed by atoms with Crippen molar-refractivity contribution in [3.8, 4) is 5.75 Å². The molecule has 0 bridgehead atoms. The van der Waals surface area contributed by atoms with Crippen molar-refractivity contribution in [2.24, 2.45) is 0 Å². The van der Waals surface area contributed by atoms with Crippen LogP contribution in [0.25, 0.3) is 0 Å². The molecule has 1 atom stereocenters. The SMILES string of the molecule is C[C@]1(C(=O)N2CCCC2)Oc2ccc(Cl)cc2NC1=O. The number of hydrogen-bond acceptors (Lipinski definition) is 3. The number of anilines is 1. The number of nitrogens with zero attached hydrogens (tertiary/aromatic N) is 1. The normalized spacial score (nSPS) is 24.9. The quantitative estimate of drug-likeness (QED) is 0.807. The van der Waals surface area contributed by atoms with Crippen molar-refractivity contribution in [3.63, 3.8) is 0 Å². The predicted octanol–water partition coefficient (Wildman–Crippen LogP) is 2.05. The Hall–Kier alpha value is -1.75. The molecule has 2 aliphatic rings. The van der Waals surface area contributed by atoms with Crippen molar-refractivity contribution in [1.29, 1.82) is 0 Å². The lowest BCUT2D eigenvalue weighted by atomic mass is 10.0. The van der Waals surface area contributed by atoms with Crippen LogP contribution in [0, 0.1) is 0 Å². The smallest absolute Gasteiger partial charge is 0.278 e. The molecule has 1 saturated heterocycles. The van der Waals surface area contributed by atoms with Gasteiger partial charge < -0.3 is 15.0 Å². The summed E-state index contributed by atoms with van der Waals surface area (Å²) >= 11 is 5.88. The van der Waals surface area contributed by atoms with Gasteiger partial charge in [0.1, 0.15) is 5.75 Å². The number of carbonyl (C=O) groups is 2. The van der Waals surface area contributed by atoms with Gasteiger partial charge in [-0.05, 0) is 38.0 Å². The minimum Gasteiger partial charge on any atom is -0.466 e. The summed E-state index contributed by atoms with van der Waals surface area (Å²) in [5.74, 6) is -0.277. The fourth-order valence-electron chi connectivity index (χ4n) is 2.56. The third kappa shape index (κ3) is 2.02. The highest BCUT2D eigenvalue weighted by Crippen LogP contribution is 2.36. The molecule has 1 aromatic rings. The number of rotatable bonds is 1. The molecule has 6 heteroatoms. The molecule has 1 N–H and O–H groups in total. The minimum atomic E-state index is -1.51. The molecule has 2 aliphatic heterocycles. The van der Waals surface area contributed by atoms with Gasteiger partial charge in [-0.25, -0.2) is 0 Å². The second-order valence-corrected chi connectivity index (χ2v) is 5.67. The zero-order valence-corrected chi connectivity index (χ0v) is 11.9. The number of halogens is 1. The second kappa shape index (κ2) is 4.66. The highest BCUT2D eigenvalue weighted by atomic mass is 35.5. The third-order valence-electron chi connectivity index (χ3n) is 3.74. The van der Waals surface area contributed by atoms with Crippen LogP contribution >= 0.6 is 11.6 Å². The number of ether oxygens (including phenoxy) is 1. The van der Waals surface area contributed by atoms with Crippen LogP contribution in [-0.4, -0.2) is 35.4 Å². The Kier molecular flexibility index (Phi) is 3.09. The first-order chi connectivity index (χ1) is 9.50. The van der Waals surface area contributed by atoms with Crippen LogP contribution in [0.2, 0.25) is 5.02 Å². The summed E-state index contributed by atoms with van der Waals surface area (Å²) in [6.45, 7) is 2.87. The molecule has 0 aromatic heterocycles. The van der Waals surface area contributed by atoms with Crippen molar-refractivity contribution in [3.05, 3.63) is 23.2 Å². The van der Waals surface area contributed by atoms with E-state index in [4.69, 9.17) is 16.3 Å². The second-order valence-electron chi connectivity index (χ2n) is 5.23. The van der Waals surface area contributed by atoms with Crippen LogP contribution in [-0.2, 0) is 9.59 Å². The van der Waals surface area contributed by atoms with Crippen molar-refractivity contribution in [1.82, 2.24) is 4.90 Å². The standard InChI is InChI=1S/C14H15ClN2O3/c1-14(13(19)17-6-2-3-7-17)12(18)16-10-8-9(15)4-5-11(10)20-14/h4-5,8H,2-3,6-7H2,1H3,(H,16,18)/t14-/m0/s1. The third-order valence-corrected chi connectivity index (χ3v) is 3.97. The molecule has 0 spiro atoms. The van der Waals surface area contributed by atoms with Gasteiger partial charge in [-0.15, -0.1) is 0 Å². The Morgan fingerprint density at radius 1 is 1.40 bits per heavy atom. The van der Waals surface area contributed by atoms with Gasteiger partial charge in [-0.1, -0.05) is 11.6 Å². The Morgan fingerprint density at radius 3 is 2.80 bits per heavy atom. The average Bonchev–Trinajstić information content (AvgIpc) is 2.93. The van der Waals surface area contributed by atoms with E-state index >= 15 is 0 Å². The molecule has 2 heterocycles. The molecule has 0 aliphatic carbocycles. The van der Waals surface area contributed by atoms with Gasteiger partial charge in [-0.3, -0.25) is 9.59 Å². The van der Waals surface area contributed by atoms with Crippen LogP contribution < -0.4 is 10.1 Å². The van der Waals surface area contributed by atoms with Crippen LogP contribution in [0.4, 0.5) is 5.69 Å². The predicted molar refractivity (Wildman–Crippen MR) is 74.9 cm³/mol. The van der Waals surface area contributed by atoms with E-state index in [1.165, 1.54) is 6.92 Å². The van der Waals surface area contributed by atoms with Gasteiger partial charge in [0.05, 0.1) is 5.69 Å². The molecule has 2 amide bonds. The maximum Gasteiger partial charge on any atom is 0.278 e. The summed E-state index contributed by atoms with van der Waals surface area (Å²) in [5, 5.41) is 3.20. The molecule has 106 valence electrons. The van der Waals surface area contributed by atoms with Gasteiger partial charge in [0, 0.05) is 18.1 Å². The summed E-state index contributed by atoms with van der Waals surface area (Å²) in [4.78, 5) is 26.5.